The molecule has 2 aliphatic rings. The van der Waals surface area contributed by atoms with Crippen molar-refractivity contribution in [1.82, 2.24) is 10.6 Å². The molecular weight excluding hydrogens is 316 g/mol. The van der Waals surface area contributed by atoms with Crippen LogP contribution in [-0.2, 0) is 16.1 Å². The molecule has 1 aromatic rings. The molecule has 2 aliphatic carbocycles. The van der Waals surface area contributed by atoms with E-state index in [1.807, 2.05) is 12.1 Å². The monoisotopic (exact) mass is 346 g/mol. The Morgan fingerprint density at radius 2 is 1.56 bits per heavy atom. The van der Waals surface area contributed by atoms with Crippen molar-refractivity contribution in [2.45, 2.75) is 76.8 Å². The average Bonchev–Trinajstić information content (AvgIpc) is 3.03. The summed E-state index contributed by atoms with van der Waals surface area (Å²) in [6, 6.07) is 4.04. The maximum absolute atomic E-state index is 12.5. The van der Waals surface area contributed by atoms with E-state index < -0.39 is 0 Å². The van der Waals surface area contributed by atoms with Crippen molar-refractivity contribution >= 4 is 11.8 Å². The lowest BCUT2D eigenvalue weighted by atomic mass is 9.81. The van der Waals surface area contributed by atoms with Gasteiger partial charge in [0.2, 0.25) is 11.8 Å². The minimum atomic E-state index is 0.0249. The van der Waals surface area contributed by atoms with E-state index in [1.54, 1.807) is 6.26 Å². The van der Waals surface area contributed by atoms with Crippen LogP contribution in [0.1, 0.15) is 70.0 Å². The third-order valence-corrected chi connectivity index (χ3v) is 5.69. The molecule has 1 heterocycles. The van der Waals surface area contributed by atoms with Crippen LogP contribution in [0.2, 0.25) is 0 Å². The first-order chi connectivity index (χ1) is 12.2. The third kappa shape index (κ3) is 5.35. The minimum absolute atomic E-state index is 0.0249. The van der Waals surface area contributed by atoms with Gasteiger partial charge in [-0.15, -0.1) is 0 Å². The van der Waals surface area contributed by atoms with Crippen molar-refractivity contribution in [3.05, 3.63) is 24.2 Å². The summed E-state index contributed by atoms with van der Waals surface area (Å²) in [5.74, 6) is 1.17. The quantitative estimate of drug-likeness (QED) is 0.801. The van der Waals surface area contributed by atoms with Crippen molar-refractivity contribution in [2.24, 2.45) is 11.8 Å². The molecule has 1 aromatic heterocycles. The topological polar surface area (TPSA) is 71.3 Å². The number of carbonyl (C=O) groups excluding carboxylic acids is 2. The van der Waals surface area contributed by atoms with Crippen LogP contribution in [0.25, 0.3) is 0 Å². The van der Waals surface area contributed by atoms with Gasteiger partial charge in [-0.05, 0) is 50.7 Å². The Labute approximate surface area is 149 Å². The molecule has 25 heavy (non-hydrogen) atoms. The molecule has 2 amide bonds. The predicted octanol–water partition coefficient (Wildman–Crippen LogP) is 3.54. The zero-order valence-corrected chi connectivity index (χ0v) is 15.0. The van der Waals surface area contributed by atoms with E-state index in [0.29, 0.717) is 12.6 Å². The molecule has 0 radical (unpaired) electrons. The lowest BCUT2D eigenvalue weighted by molar-refractivity contribution is -0.131. The second kappa shape index (κ2) is 9.07. The fourth-order valence-corrected chi connectivity index (χ4v) is 4.09. The van der Waals surface area contributed by atoms with E-state index in [1.165, 1.54) is 25.7 Å². The summed E-state index contributed by atoms with van der Waals surface area (Å²) in [7, 11) is 0. The normalized spacial score (nSPS) is 25.1. The number of nitrogens with one attached hydrogen (secondary N) is 2. The highest BCUT2D eigenvalue weighted by atomic mass is 16.3. The first kappa shape index (κ1) is 18.0. The fourth-order valence-electron chi connectivity index (χ4n) is 4.09. The van der Waals surface area contributed by atoms with Gasteiger partial charge < -0.3 is 15.1 Å². The van der Waals surface area contributed by atoms with Crippen LogP contribution in [0.3, 0.4) is 0 Å². The minimum Gasteiger partial charge on any atom is -0.467 e. The summed E-state index contributed by atoms with van der Waals surface area (Å²) < 4.78 is 5.23. The molecule has 0 aromatic carbocycles. The van der Waals surface area contributed by atoms with Gasteiger partial charge in [-0.2, -0.15) is 0 Å². The summed E-state index contributed by atoms with van der Waals surface area (Å²) in [5, 5.41) is 6.20. The summed E-state index contributed by atoms with van der Waals surface area (Å²) in [6.07, 6.45) is 12.1. The Morgan fingerprint density at radius 3 is 2.16 bits per heavy atom. The average molecular weight is 346 g/mol. The van der Waals surface area contributed by atoms with E-state index in [-0.39, 0.29) is 23.7 Å². The summed E-state index contributed by atoms with van der Waals surface area (Å²) in [4.78, 5) is 24.8. The number of hydrogen-bond donors (Lipinski definition) is 2. The second-order valence-electron chi connectivity index (χ2n) is 7.54. The van der Waals surface area contributed by atoms with Crippen molar-refractivity contribution in [3.63, 3.8) is 0 Å². The van der Waals surface area contributed by atoms with E-state index in [0.717, 1.165) is 44.3 Å². The number of rotatable bonds is 5. The SMILES string of the molecule is O=C(NCc1ccco1)C1CCC(C(=O)NC2CCCCCC2)CC1. The number of furan rings is 1. The Morgan fingerprint density at radius 1 is 0.920 bits per heavy atom. The van der Waals surface area contributed by atoms with Crippen molar-refractivity contribution in [2.75, 3.05) is 0 Å². The van der Waals surface area contributed by atoms with Gasteiger partial charge >= 0.3 is 0 Å². The molecule has 2 saturated carbocycles. The van der Waals surface area contributed by atoms with E-state index in [4.69, 9.17) is 4.42 Å². The number of carbonyl (C=O) groups is 2. The smallest absolute Gasteiger partial charge is 0.223 e. The summed E-state index contributed by atoms with van der Waals surface area (Å²) in [5.41, 5.74) is 0. The first-order valence-electron chi connectivity index (χ1n) is 9.83. The van der Waals surface area contributed by atoms with Crippen molar-refractivity contribution < 1.29 is 14.0 Å². The van der Waals surface area contributed by atoms with Crippen molar-refractivity contribution in [1.29, 1.82) is 0 Å². The molecule has 2 N–H and O–H groups in total. The lowest BCUT2D eigenvalue weighted by Gasteiger charge is -2.28. The van der Waals surface area contributed by atoms with E-state index in [9.17, 15) is 9.59 Å². The standard InChI is InChI=1S/C20H30N2O3/c23-19(21-14-18-8-5-13-25-18)15-9-11-16(12-10-15)20(24)22-17-6-3-1-2-4-7-17/h5,8,13,15-17H,1-4,6-7,9-12,14H2,(H,21,23)(H,22,24). The Bertz CT molecular complexity index is 539. The molecule has 3 rings (SSSR count). The van der Waals surface area contributed by atoms with Crippen LogP contribution in [0.15, 0.2) is 22.8 Å². The van der Waals surface area contributed by atoms with Crippen LogP contribution < -0.4 is 10.6 Å². The number of amides is 2. The lowest BCUT2D eigenvalue weighted by Crippen LogP contribution is -2.41. The van der Waals surface area contributed by atoms with E-state index in [2.05, 4.69) is 10.6 Å². The zero-order chi connectivity index (χ0) is 17.5. The molecule has 0 atom stereocenters. The Hall–Kier alpha value is -1.78. The zero-order valence-electron chi connectivity index (χ0n) is 15.0. The van der Waals surface area contributed by atoms with Gasteiger partial charge in [-0.1, -0.05) is 25.7 Å². The molecule has 0 aliphatic heterocycles. The molecular formula is C20H30N2O3. The molecule has 0 spiro atoms. The largest absolute Gasteiger partial charge is 0.467 e. The van der Waals surface area contributed by atoms with Gasteiger partial charge in [-0.25, -0.2) is 0 Å². The second-order valence-corrected chi connectivity index (χ2v) is 7.54. The molecule has 0 unspecified atom stereocenters. The van der Waals surface area contributed by atoms with Gasteiger partial charge in [0.15, 0.2) is 0 Å². The van der Waals surface area contributed by atoms with Crippen LogP contribution >= 0.6 is 0 Å². The maximum Gasteiger partial charge on any atom is 0.223 e. The van der Waals surface area contributed by atoms with Crippen LogP contribution in [0, 0.1) is 11.8 Å². The third-order valence-electron chi connectivity index (χ3n) is 5.69. The Balaban J connectivity index is 1.38. The predicted molar refractivity (Wildman–Crippen MR) is 95.6 cm³/mol. The molecule has 5 heteroatoms. The summed E-state index contributed by atoms with van der Waals surface area (Å²) >= 11 is 0. The van der Waals surface area contributed by atoms with Crippen LogP contribution in [0.5, 0.6) is 0 Å². The molecule has 5 nitrogen and oxygen atoms in total. The van der Waals surface area contributed by atoms with Gasteiger partial charge in [-0.3, -0.25) is 9.59 Å². The van der Waals surface area contributed by atoms with Gasteiger partial charge in [0, 0.05) is 17.9 Å². The first-order valence-corrected chi connectivity index (χ1v) is 9.83. The van der Waals surface area contributed by atoms with Gasteiger partial charge in [0.1, 0.15) is 5.76 Å². The Kier molecular flexibility index (Phi) is 6.54. The van der Waals surface area contributed by atoms with Gasteiger partial charge in [0.25, 0.3) is 0 Å². The van der Waals surface area contributed by atoms with E-state index >= 15 is 0 Å². The molecule has 138 valence electrons. The highest BCUT2D eigenvalue weighted by molar-refractivity contribution is 5.81. The van der Waals surface area contributed by atoms with Crippen molar-refractivity contribution in [3.8, 4) is 0 Å². The molecule has 0 bridgehead atoms. The number of hydrogen-bond acceptors (Lipinski definition) is 3. The highest BCUT2D eigenvalue weighted by Gasteiger charge is 2.30. The van der Waals surface area contributed by atoms with Gasteiger partial charge in [0.05, 0.1) is 12.8 Å². The van der Waals surface area contributed by atoms with Crippen LogP contribution in [-0.4, -0.2) is 17.9 Å². The summed E-state index contributed by atoms with van der Waals surface area (Å²) in [6.45, 7) is 0.438. The fraction of sp³-hybridized carbons (Fsp3) is 0.700. The van der Waals surface area contributed by atoms with Crippen LogP contribution in [0.4, 0.5) is 0 Å². The molecule has 0 saturated heterocycles. The highest BCUT2D eigenvalue weighted by Crippen LogP contribution is 2.29. The molecule has 2 fully saturated rings. The maximum atomic E-state index is 12.5.